The number of hydrogen-bond acceptors (Lipinski definition) is 6. The topological polar surface area (TPSA) is 93.1 Å². The van der Waals surface area contributed by atoms with Crippen LogP contribution in [-0.2, 0) is 25.5 Å². The third-order valence-electron chi connectivity index (χ3n) is 4.66. The predicted octanol–water partition coefficient (Wildman–Crippen LogP) is 2.87. The number of hydrogen-bond donors (Lipinski definition) is 2. The van der Waals surface area contributed by atoms with Gasteiger partial charge in [-0.05, 0) is 30.9 Å². The Morgan fingerprint density at radius 3 is 2.69 bits per heavy atom. The van der Waals surface area contributed by atoms with Gasteiger partial charge < -0.3 is 19.7 Å². The van der Waals surface area contributed by atoms with Crippen LogP contribution >= 0.6 is 0 Å². The van der Waals surface area contributed by atoms with E-state index >= 15 is 0 Å². The molecule has 0 amide bonds. The van der Waals surface area contributed by atoms with E-state index in [1.54, 1.807) is 18.2 Å². The van der Waals surface area contributed by atoms with Crippen molar-refractivity contribution in [2.75, 3.05) is 0 Å². The molecule has 0 bridgehead atoms. The van der Waals surface area contributed by atoms with Crippen molar-refractivity contribution in [3.63, 3.8) is 0 Å². The van der Waals surface area contributed by atoms with Gasteiger partial charge in [-0.2, -0.15) is 0 Å². The number of ether oxygens (including phenoxy) is 2. The molecule has 2 rings (SSSR count). The van der Waals surface area contributed by atoms with Gasteiger partial charge in [0.25, 0.3) is 0 Å². The quantitative estimate of drug-likeness (QED) is 0.437. The van der Waals surface area contributed by atoms with Crippen molar-refractivity contribution < 1.29 is 29.3 Å². The lowest BCUT2D eigenvalue weighted by Gasteiger charge is -2.21. The zero-order chi connectivity index (χ0) is 21.1. The molecule has 0 fully saturated rings. The average molecular weight is 402 g/mol. The van der Waals surface area contributed by atoms with Gasteiger partial charge in [0, 0.05) is 32.3 Å². The number of aliphatic hydroxyl groups excluding tert-OH is 2. The van der Waals surface area contributed by atoms with Gasteiger partial charge in [0.05, 0.1) is 12.2 Å². The molecule has 1 aromatic carbocycles. The molecule has 6 nitrogen and oxygen atoms in total. The predicted molar refractivity (Wildman–Crippen MR) is 109 cm³/mol. The third kappa shape index (κ3) is 9.54. The van der Waals surface area contributed by atoms with Crippen LogP contribution in [0.1, 0.15) is 44.6 Å². The second kappa shape index (κ2) is 12.2. The van der Waals surface area contributed by atoms with Crippen LogP contribution in [0.5, 0.6) is 0 Å². The summed E-state index contributed by atoms with van der Waals surface area (Å²) >= 11 is 0. The van der Waals surface area contributed by atoms with Crippen LogP contribution in [0.25, 0.3) is 0 Å². The molecular formula is C23H30O6. The molecule has 0 saturated heterocycles. The minimum absolute atomic E-state index is 0.222. The SMILES string of the molecule is CC(=O)O[C@H](CC=C[C@@H]1CC=CC(=O)O1)C[C@H](O)C[C@H](O)CCc1ccccc1. The minimum Gasteiger partial charge on any atom is -0.462 e. The fourth-order valence-corrected chi connectivity index (χ4v) is 3.27. The second-order valence-electron chi connectivity index (χ2n) is 7.31. The molecule has 1 aliphatic rings. The smallest absolute Gasteiger partial charge is 0.331 e. The lowest BCUT2D eigenvalue weighted by molar-refractivity contribution is -0.147. The van der Waals surface area contributed by atoms with Gasteiger partial charge in [0.15, 0.2) is 0 Å². The van der Waals surface area contributed by atoms with Crippen LogP contribution in [0.2, 0.25) is 0 Å². The van der Waals surface area contributed by atoms with Crippen LogP contribution in [0.15, 0.2) is 54.6 Å². The number of carbonyl (C=O) groups is 2. The Morgan fingerprint density at radius 1 is 1.24 bits per heavy atom. The number of benzene rings is 1. The van der Waals surface area contributed by atoms with Gasteiger partial charge in [-0.25, -0.2) is 4.79 Å². The van der Waals surface area contributed by atoms with Crippen molar-refractivity contribution in [3.8, 4) is 0 Å². The van der Waals surface area contributed by atoms with Gasteiger partial charge in [0.2, 0.25) is 0 Å². The Balaban J connectivity index is 1.77. The highest BCUT2D eigenvalue weighted by atomic mass is 16.5. The van der Waals surface area contributed by atoms with E-state index in [1.165, 1.54) is 13.0 Å². The number of esters is 2. The molecule has 0 saturated carbocycles. The zero-order valence-electron chi connectivity index (χ0n) is 16.8. The maximum Gasteiger partial charge on any atom is 0.331 e. The van der Waals surface area contributed by atoms with E-state index < -0.39 is 24.3 Å². The molecule has 158 valence electrons. The summed E-state index contributed by atoms with van der Waals surface area (Å²) in [5, 5.41) is 20.5. The summed E-state index contributed by atoms with van der Waals surface area (Å²) in [6.45, 7) is 1.32. The van der Waals surface area contributed by atoms with Gasteiger partial charge >= 0.3 is 11.9 Å². The van der Waals surface area contributed by atoms with Crippen molar-refractivity contribution >= 4 is 11.9 Å². The number of rotatable bonds is 11. The summed E-state index contributed by atoms with van der Waals surface area (Å²) in [6.07, 6.45) is 7.21. The molecule has 0 aliphatic carbocycles. The molecule has 4 atom stereocenters. The van der Waals surface area contributed by atoms with Gasteiger partial charge in [-0.15, -0.1) is 0 Å². The molecule has 0 aromatic heterocycles. The largest absolute Gasteiger partial charge is 0.462 e. The highest BCUT2D eigenvalue weighted by Gasteiger charge is 2.20. The summed E-state index contributed by atoms with van der Waals surface area (Å²) < 4.78 is 10.4. The van der Waals surface area contributed by atoms with Crippen molar-refractivity contribution in [3.05, 3.63) is 60.2 Å². The van der Waals surface area contributed by atoms with Crippen molar-refractivity contribution in [2.45, 2.75) is 69.9 Å². The van der Waals surface area contributed by atoms with Crippen LogP contribution in [0, 0.1) is 0 Å². The number of aryl methyl sites for hydroxylation is 1. The first-order chi connectivity index (χ1) is 13.9. The van der Waals surface area contributed by atoms with Crippen LogP contribution in [0.3, 0.4) is 0 Å². The summed E-state index contributed by atoms with van der Waals surface area (Å²) in [4.78, 5) is 22.6. The van der Waals surface area contributed by atoms with Crippen LogP contribution in [-0.4, -0.2) is 46.6 Å². The number of carbonyl (C=O) groups excluding carboxylic acids is 2. The molecular weight excluding hydrogens is 372 g/mol. The lowest BCUT2D eigenvalue weighted by Crippen LogP contribution is -2.26. The summed E-state index contributed by atoms with van der Waals surface area (Å²) in [6, 6.07) is 9.87. The maximum absolute atomic E-state index is 11.4. The Hall–Kier alpha value is -2.44. The molecule has 0 radical (unpaired) electrons. The van der Waals surface area contributed by atoms with E-state index in [2.05, 4.69) is 0 Å². The van der Waals surface area contributed by atoms with E-state index in [0.717, 1.165) is 12.0 Å². The molecule has 1 aliphatic heterocycles. The first-order valence-corrected chi connectivity index (χ1v) is 10.0. The molecule has 1 heterocycles. The lowest BCUT2D eigenvalue weighted by atomic mass is 9.99. The Morgan fingerprint density at radius 2 is 2.00 bits per heavy atom. The van der Waals surface area contributed by atoms with Crippen molar-refractivity contribution in [2.24, 2.45) is 0 Å². The summed E-state index contributed by atoms with van der Waals surface area (Å²) in [5.41, 5.74) is 1.14. The molecule has 6 heteroatoms. The molecule has 29 heavy (non-hydrogen) atoms. The molecule has 2 N–H and O–H groups in total. The van der Waals surface area contributed by atoms with Crippen LogP contribution in [0.4, 0.5) is 0 Å². The van der Waals surface area contributed by atoms with Gasteiger partial charge in [-0.1, -0.05) is 42.5 Å². The average Bonchev–Trinajstić information content (AvgIpc) is 2.66. The van der Waals surface area contributed by atoms with Gasteiger partial charge in [-0.3, -0.25) is 4.79 Å². The standard InChI is InChI=1S/C23H30O6/c1-17(24)28-22(11-5-9-21-10-6-12-23(27)29-21)16-20(26)15-19(25)14-13-18-7-3-2-4-8-18/h2-9,12,19-22,25-26H,10-11,13-16H2,1H3/t19-,20-,21-,22-/m1/s1. The maximum atomic E-state index is 11.4. The molecule has 0 unspecified atom stereocenters. The Labute approximate surface area is 171 Å². The first kappa shape index (κ1) is 22.8. The third-order valence-corrected chi connectivity index (χ3v) is 4.66. The van der Waals surface area contributed by atoms with E-state index in [-0.39, 0.29) is 24.9 Å². The molecule has 0 spiro atoms. The minimum atomic E-state index is -0.783. The first-order valence-electron chi connectivity index (χ1n) is 10.0. The highest BCUT2D eigenvalue weighted by Crippen LogP contribution is 2.16. The Bertz CT molecular complexity index is 697. The van der Waals surface area contributed by atoms with Crippen LogP contribution < -0.4 is 0 Å². The number of cyclic esters (lactones) is 1. The summed E-state index contributed by atoms with van der Waals surface area (Å²) in [7, 11) is 0. The van der Waals surface area contributed by atoms with E-state index in [0.29, 0.717) is 19.3 Å². The fraction of sp³-hybridized carbons (Fsp3) is 0.478. The van der Waals surface area contributed by atoms with Crippen molar-refractivity contribution in [1.29, 1.82) is 0 Å². The normalized spacial score (nSPS) is 19.6. The second-order valence-corrected chi connectivity index (χ2v) is 7.31. The summed E-state index contributed by atoms with van der Waals surface area (Å²) in [5.74, 6) is -0.797. The highest BCUT2D eigenvalue weighted by molar-refractivity contribution is 5.82. The number of aliphatic hydroxyl groups is 2. The Kier molecular flexibility index (Phi) is 9.60. The van der Waals surface area contributed by atoms with E-state index in [1.807, 2.05) is 30.3 Å². The zero-order valence-corrected chi connectivity index (χ0v) is 16.8. The van der Waals surface area contributed by atoms with E-state index in [9.17, 15) is 19.8 Å². The monoisotopic (exact) mass is 402 g/mol. The van der Waals surface area contributed by atoms with Gasteiger partial charge in [0.1, 0.15) is 12.2 Å². The van der Waals surface area contributed by atoms with E-state index in [4.69, 9.17) is 9.47 Å². The molecule has 1 aromatic rings. The fourth-order valence-electron chi connectivity index (χ4n) is 3.27. The van der Waals surface area contributed by atoms with Crippen molar-refractivity contribution in [1.82, 2.24) is 0 Å².